The second-order valence-electron chi connectivity index (χ2n) is 19.4. The molecule has 3 unspecified atom stereocenters. The van der Waals surface area contributed by atoms with Gasteiger partial charge >= 0.3 is 25.7 Å². The fourth-order valence-electron chi connectivity index (χ4n) is 7.99. The molecule has 0 aliphatic heterocycles. The Morgan fingerprint density at radius 2 is 0.722 bits per heavy atom. The molecule has 0 aliphatic rings. The lowest BCUT2D eigenvalue weighted by atomic mass is 10.0. The lowest BCUT2D eigenvalue weighted by Crippen LogP contribution is -2.30. The van der Waals surface area contributed by atoms with E-state index in [0.29, 0.717) is 19.3 Å². The minimum absolute atomic E-state index is 0.153. The fraction of sp³-hybridized carbons (Fsp3) is 0.783. The highest BCUT2D eigenvalue weighted by Crippen LogP contribution is 2.43. The van der Waals surface area contributed by atoms with Crippen LogP contribution in [0.4, 0.5) is 0 Å². The van der Waals surface area contributed by atoms with Gasteiger partial charge in [0.2, 0.25) is 0 Å². The van der Waals surface area contributed by atoms with E-state index in [9.17, 15) is 28.9 Å². The largest absolute Gasteiger partial charge is 0.472 e. The Morgan fingerprint density at radius 1 is 0.403 bits per heavy atom. The number of unbranched alkanes of at least 4 members (excludes halogenated alkanes) is 27. The Bertz CT molecular complexity index is 1440. The van der Waals surface area contributed by atoms with E-state index < -0.39 is 57.8 Å². The predicted octanol–water partition coefficient (Wildman–Crippen LogP) is 17.1. The molecule has 0 aliphatic carbocycles. The van der Waals surface area contributed by atoms with Gasteiger partial charge in [-0.3, -0.25) is 23.4 Å². The number of allylic oxidation sites excluding steroid dienone is 10. The summed E-state index contributed by atoms with van der Waals surface area (Å²) in [6.07, 6.45) is 58.8. The molecule has 0 bridgehead atoms. The van der Waals surface area contributed by atoms with Crippen LogP contribution in [-0.4, -0.2) is 66.5 Å². The normalized spacial score (nSPS) is 13.8. The first-order valence-corrected chi connectivity index (χ1v) is 30.7. The van der Waals surface area contributed by atoms with Crippen molar-refractivity contribution in [3.63, 3.8) is 0 Å². The molecule has 0 amide bonds. The number of aliphatic hydroxyl groups excluding tert-OH is 1. The van der Waals surface area contributed by atoms with Crippen molar-refractivity contribution in [1.82, 2.24) is 0 Å². The van der Waals surface area contributed by atoms with E-state index in [0.717, 1.165) is 122 Å². The first-order chi connectivity index (χ1) is 35.2. The molecule has 11 nitrogen and oxygen atoms in total. The third-order valence-electron chi connectivity index (χ3n) is 12.4. The maximum atomic E-state index is 12.9. The maximum Gasteiger partial charge on any atom is 0.472 e. The zero-order valence-corrected chi connectivity index (χ0v) is 47.0. The average molecular weight is 1040 g/mol. The standard InChI is InChI=1S/C60H107O11P/c1-4-7-10-13-16-19-22-25-27-28-30-33-36-39-42-45-48-51-60(64)71-57(53-67-58(62)49-46-43-40-37-34-32-29-26-23-20-17-14-11-8-5-2)55-69-72(65,66)68-54-56(52-61)70-59(63)50-47-44-41-38-35-31-24-21-18-15-12-9-6-3/h7,10,16-17,19-20,25-27,29,56-57,61H,4-6,8-9,11-15,18,21-24,28,30-55H2,1-3H3,(H,65,66)/b10-7-,19-16-,20-17-,27-25-,29-26-. The van der Waals surface area contributed by atoms with E-state index in [1.807, 2.05) is 0 Å². The summed E-state index contributed by atoms with van der Waals surface area (Å²) < 4.78 is 39.5. The van der Waals surface area contributed by atoms with Crippen LogP contribution in [0.2, 0.25) is 0 Å². The summed E-state index contributed by atoms with van der Waals surface area (Å²) in [6, 6.07) is 0. The molecule has 0 rings (SSSR count). The van der Waals surface area contributed by atoms with Gasteiger partial charge in [-0.2, -0.15) is 0 Å². The van der Waals surface area contributed by atoms with Crippen molar-refractivity contribution in [2.24, 2.45) is 0 Å². The third kappa shape index (κ3) is 52.1. The highest BCUT2D eigenvalue weighted by molar-refractivity contribution is 7.47. The zero-order chi connectivity index (χ0) is 52.7. The van der Waals surface area contributed by atoms with Gasteiger partial charge in [0.05, 0.1) is 19.8 Å². The van der Waals surface area contributed by atoms with Gasteiger partial charge in [-0.1, -0.05) is 223 Å². The molecule has 0 fully saturated rings. The number of hydrogen-bond donors (Lipinski definition) is 2. The molecule has 0 radical (unpaired) electrons. The van der Waals surface area contributed by atoms with Crippen molar-refractivity contribution < 1.29 is 52.2 Å². The highest BCUT2D eigenvalue weighted by Gasteiger charge is 2.28. The molecule has 418 valence electrons. The first-order valence-electron chi connectivity index (χ1n) is 29.2. The van der Waals surface area contributed by atoms with Crippen LogP contribution in [0.3, 0.4) is 0 Å². The molecule has 0 saturated heterocycles. The summed E-state index contributed by atoms with van der Waals surface area (Å²) in [5, 5.41) is 9.81. The number of rotatable bonds is 54. The van der Waals surface area contributed by atoms with E-state index in [1.54, 1.807) is 0 Å². The average Bonchev–Trinajstić information content (AvgIpc) is 3.37. The van der Waals surface area contributed by atoms with Crippen LogP contribution in [-0.2, 0) is 42.2 Å². The molecule has 0 saturated carbocycles. The van der Waals surface area contributed by atoms with Crippen molar-refractivity contribution >= 4 is 25.7 Å². The molecule has 0 spiro atoms. The van der Waals surface area contributed by atoms with Gasteiger partial charge < -0.3 is 24.2 Å². The van der Waals surface area contributed by atoms with Crippen LogP contribution < -0.4 is 0 Å². The molecule has 3 atom stereocenters. The quantitative estimate of drug-likeness (QED) is 0.0197. The lowest BCUT2D eigenvalue weighted by molar-refractivity contribution is -0.161. The summed E-state index contributed by atoms with van der Waals surface area (Å²) >= 11 is 0. The van der Waals surface area contributed by atoms with Crippen molar-refractivity contribution in [2.45, 2.75) is 277 Å². The molecule has 0 heterocycles. The Balaban J connectivity index is 4.75. The van der Waals surface area contributed by atoms with Gasteiger partial charge in [0.15, 0.2) is 6.10 Å². The first kappa shape index (κ1) is 69.2. The monoisotopic (exact) mass is 1030 g/mol. The summed E-state index contributed by atoms with van der Waals surface area (Å²) in [5.74, 6) is -1.48. The van der Waals surface area contributed by atoms with Crippen LogP contribution in [0.1, 0.15) is 265 Å². The molecule has 0 aromatic carbocycles. The smallest absolute Gasteiger partial charge is 0.462 e. The number of aliphatic hydroxyl groups is 1. The number of phosphoric acid groups is 1. The van der Waals surface area contributed by atoms with E-state index >= 15 is 0 Å². The van der Waals surface area contributed by atoms with Crippen molar-refractivity contribution in [1.29, 1.82) is 0 Å². The van der Waals surface area contributed by atoms with Gasteiger partial charge in [-0.15, -0.1) is 0 Å². The van der Waals surface area contributed by atoms with Gasteiger partial charge in [0, 0.05) is 19.3 Å². The topological polar surface area (TPSA) is 155 Å². The van der Waals surface area contributed by atoms with E-state index in [4.69, 9.17) is 23.3 Å². The minimum atomic E-state index is -4.75. The number of phosphoric ester groups is 1. The third-order valence-corrected chi connectivity index (χ3v) is 13.4. The number of carbonyl (C=O) groups is 3. The van der Waals surface area contributed by atoms with Crippen LogP contribution in [0, 0.1) is 0 Å². The van der Waals surface area contributed by atoms with Crippen LogP contribution >= 0.6 is 7.82 Å². The Kier molecular flexibility index (Phi) is 52.3. The minimum Gasteiger partial charge on any atom is -0.462 e. The van der Waals surface area contributed by atoms with Gasteiger partial charge in [0.1, 0.15) is 12.7 Å². The molecule has 72 heavy (non-hydrogen) atoms. The van der Waals surface area contributed by atoms with E-state index in [1.165, 1.54) is 83.5 Å². The zero-order valence-electron chi connectivity index (χ0n) is 46.1. The van der Waals surface area contributed by atoms with E-state index in [2.05, 4.69) is 81.5 Å². The van der Waals surface area contributed by atoms with Crippen LogP contribution in [0.15, 0.2) is 60.8 Å². The second kappa shape index (κ2) is 54.4. The second-order valence-corrected chi connectivity index (χ2v) is 20.9. The number of ether oxygens (including phenoxy) is 3. The van der Waals surface area contributed by atoms with Crippen molar-refractivity contribution in [3.8, 4) is 0 Å². The number of esters is 3. The lowest BCUT2D eigenvalue weighted by Gasteiger charge is -2.21. The Hall–Kier alpha value is -2.82. The molecular weight excluding hydrogens is 928 g/mol. The molecule has 12 heteroatoms. The number of carbonyl (C=O) groups excluding carboxylic acids is 3. The summed E-state index contributed by atoms with van der Waals surface area (Å²) in [4.78, 5) is 48.5. The fourth-order valence-corrected chi connectivity index (χ4v) is 8.77. The molecule has 0 aromatic rings. The molecule has 0 aromatic heterocycles. The Labute approximate surface area is 440 Å². The Morgan fingerprint density at radius 3 is 1.14 bits per heavy atom. The molecular formula is C60H107O11P. The van der Waals surface area contributed by atoms with E-state index in [-0.39, 0.29) is 25.9 Å². The van der Waals surface area contributed by atoms with Gasteiger partial charge in [-0.05, 0) is 83.5 Å². The highest BCUT2D eigenvalue weighted by atomic mass is 31.2. The maximum absolute atomic E-state index is 12.9. The van der Waals surface area contributed by atoms with Crippen molar-refractivity contribution in [3.05, 3.63) is 60.8 Å². The molecule has 2 N–H and O–H groups in total. The predicted molar refractivity (Wildman–Crippen MR) is 298 cm³/mol. The number of hydrogen-bond acceptors (Lipinski definition) is 10. The van der Waals surface area contributed by atoms with Gasteiger partial charge in [-0.25, -0.2) is 4.57 Å². The summed E-state index contributed by atoms with van der Waals surface area (Å²) in [6.45, 7) is 4.50. The summed E-state index contributed by atoms with van der Waals surface area (Å²) in [5.41, 5.74) is 0. The van der Waals surface area contributed by atoms with Crippen molar-refractivity contribution in [2.75, 3.05) is 26.4 Å². The SMILES string of the molecule is CC/C=C\C/C=C\C/C=C\CCCCCCCCCC(=O)OC(COC(=O)CCCCCCC/C=C\C/C=C\CCCCC)COP(=O)(O)OCC(CO)OC(=O)CCCCCCCCCCCCCCC. The van der Waals surface area contributed by atoms with Crippen LogP contribution in [0.25, 0.3) is 0 Å². The summed E-state index contributed by atoms with van der Waals surface area (Å²) in [7, 11) is -4.75. The van der Waals surface area contributed by atoms with Gasteiger partial charge in [0.25, 0.3) is 0 Å². The van der Waals surface area contributed by atoms with Crippen LogP contribution in [0.5, 0.6) is 0 Å².